The van der Waals surface area contributed by atoms with Gasteiger partial charge in [-0.05, 0) is 42.5 Å². The Bertz CT molecular complexity index is 952. The van der Waals surface area contributed by atoms with E-state index in [0.717, 1.165) is 0 Å². The Kier molecular flexibility index (Phi) is 6.93. The van der Waals surface area contributed by atoms with Crippen molar-refractivity contribution in [1.29, 1.82) is 0 Å². The molecule has 2 rings (SSSR count). The molecule has 31 heavy (non-hydrogen) atoms. The van der Waals surface area contributed by atoms with Crippen LogP contribution in [0.4, 0.5) is 37.7 Å². The molecule has 0 fully saturated rings. The van der Waals surface area contributed by atoms with E-state index in [9.17, 15) is 40.7 Å². The molecule has 2 aromatic carbocycles. The van der Waals surface area contributed by atoms with Gasteiger partial charge in [-0.1, -0.05) is 0 Å². The van der Waals surface area contributed by atoms with Gasteiger partial charge in [-0.2, -0.15) is 26.3 Å². The predicted octanol–water partition coefficient (Wildman–Crippen LogP) is 4.48. The third kappa shape index (κ3) is 7.01. The fraction of sp³-hybridized carbons (Fsp3) is 0.211. The summed E-state index contributed by atoms with van der Waals surface area (Å²) in [6, 6.07) is 6.02. The van der Waals surface area contributed by atoms with Gasteiger partial charge in [0.1, 0.15) is 0 Å². The lowest BCUT2D eigenvalue weighted by atomic mass is 10.0. The largest absolute Gasteiger partial charge is 0.452 e. The molecule has 0 saturated heterocycles. The quantitative estimate of drug-likeness (QED) is 0.522. The lowest BCUT2D eigenvalue weighted by Gasteiger charge is -2.14. The van der Waals surface area contributed by atoms with Crippen LogP contribution in [0.15, 0.2) is 42.5 Å². The van der Waals surface area contributed by atoms with Gasteiger partial charge in [0.15, 0.2) is 6.61 Å². The molecule has 0 spiro atoms. The van der Waals surface area contributed by atoms with Crippen molar-refractivity contribution in [3.05, 3.63) is 59.2 Å². The number of esters is 1. The van der Waals surface area contributed by atoms with Crippen LogP contribution >= 0.6 is 0 Å². The van der Waals surface area contributed by atoms with Crippen molar-refractivity contribution < 1.29 is 45.5 Å². The van der Waals surface area contributed by atoms with Gasteiger partial charge in [-0.25, -0.2) is 4.79 Å². The first-order valence-corrected chi connectivity index (χ1v) is 8.40. The van der Waals surface area contributed by atoms with E-state index in [4.69, 9.17) is 0 Å². The normalized spacial score (nSPS) is 11.6. The van der Waals surface area contributed by atoms with E-state index in [-0.39, 0.29) is 29.8 Å². The average molecular weight is 448 g/mol. The molecule has 2 amide bonds. The van der Waals surface area contributed by atoms with E-state index in [1.54, 1.807) is 0 Å². The molecular formula is C19H14F6N2O4. The van der Waals surface area contributed by atoms with Crippen LogP contribution in [0.3, 0.4) is 0 Å². The number of anilines is 2. The van der Waals surface area contributed by atoms with Gasteiger partial charge in [0.2, 0.25) is 5.91 Å². The number of ether oxygens (including phenoxy) is 1. The van der Waals surface area contributed by atoms with Crippen LogP contribution in [-0.4, -0.2) is 24.4 Å². The minimum Gasteiger partial charge on any atom is -0.452 e. The molecule has 166 valence electrons. The number of carbonyl (C=O) groups is 3. The second-order valence-corrected chi connectivity index (χ2v) is 6.18. The summed E-state index contributed by atoms with van der Waals surface area (Å²) in [7, 11) is 0. The number of benzene rings is 2. The van der Waals surface area contributed by atoms with Crippen molar-refractivity contribution in [2.75, 3.05) is 17.2 Å². The summed E-state index contributed by atoms with van der Waals surface area (Å²) in [5.74, 6) is -2.73. The third-order valence-electron chi connectivity index (χ3n) is 3.65. The summed E-state index contributed by atoms with van der Waals surface area (Å²) < 4.78 is 81.6. The van der Waals surface area contributed by atoms with Gasteiger partial charge in [-0.3, -0.25) is 9.59 Å². The number of amides is 2. The van der Waals surface area contributed by atoms with Crippen LogP contribution in [-0.2, 0) is 26.7 Å². The minimum absolute atomic E-state index is 0.131. The third-order valence-corrected chi connectivity index (χ3v) is 3.65. The Morgan fingerprint density at radius 1 is 0.806 bits per heavy atom. The molecule has 0 saturated carbocycles. The summed E-state index contributed by atoms with van der Waals surface area (Å²) in [5.41, 5.74) is -3.68. The molecule has 0 unspecified atom stereocenters. The topological polar surface area (TPSA) is 84.5 Å². The summed E-state index contributed by atoms with van der Waals surface area (Å²) in [6.45, 7) is 0.343. The number of halogens is 6. The predicted molar refractivity (Wildman–Crippen MR) is 96.1 cm³/mol. The number of alkyl halides is 6. The van der Waals surface area contributed by atoms with Crippen LogP contribution in [0.5, 0.6) is 0 Å². The Labute approximate surface area is 171 Å². The van der Waals surface area contributed by atoms with Crippen LogP contribution in [0.2, 0.25) is 0 Å². The van der Waals surface area contributed by atoms with Crippen molar-refractivity contribution in [2.24, 2.45) is 0 Å². The molecule has 0 heterocycles. The molecule has 12 heteroatoms. The van der Waals surface area contributed by atoms with E-state index in [0.29, 0.717) is 5.69 Å². The van der Waals surface area contributed by atoms with Crippen LogP contribution in [0.1, 0.15) is 28.4 Å². The van der Waals surface area contributed by atoms with Crippen molar-refractivity contribution in [3.8, 4) is 0 Å². The number of rotatable bonds is 5. The maximum atomic E-state index is 12.8. The van der Waals surface area contributed by atoms with E-state index < -0.39 is 47.5 Å². The Hall–Kier alpha value is -3.57. The summed E-state index contributed by atoms with van der Waals surface area (Å²) >= 11 is 0. The zero-order valence-electron chi connectivity index (χ0n) is 15.6. The van der Waals surface area contributed by atoms with Crippen molar-refractivity contribution in [1.82, 2.24) is 0 Å². The van der Waals surface area contributed by atoms with Gasteiger partial charge in [0, 0.05) is 18.3 Å². The molecule has 0 bridgehead atoms. The van der Waals surface area contributed by atoms with Gasteiger partial charge in [0.05, 0.1) is 16.7 Å². The highest BCUT2D eigenvalue weighted by atomic mass is 19.4. The molecule has 6 nitrogen and oxygen atoms in total. The molecule has 0 aliphatic rings. The van der Waals surface area contributed by atoms with Gasteiger partial charge in [-0.15, -0.1) is 0 Å². The van der Waals surface area contributed by atoms with E-state index in [2.05, 4.69) is 15.4 Å². The summed E-state index contributed by atoms with van der Waals surface area (Å²) in [5, 5.41) is 4.80. The molecule has 0 radical (unpaired) electrons. The van der Waals surface area contributed by atoms with Gasteiger partial charge < -0.3 is 15.4 Å². The second kappa shape index (κ2) is 9.06. The maximum absolute atomic E-state index is 12.8. The standard InChI is InChI=1S/C19H14F6N2O4/c1-10(28)26-14-2-4-15(5-3-14)27-16(29)9-31-17(30)11-6-12(18(20,21)22)8-13(7-11)19(23,24)25/h2-8H,9H2,1H3,(H,26,28)(H,27,29). The lowest BCUT2D eigenvalue weighted by molar-refractivity contribution is -0.143. The van der Waals surface area contributed by atoms with E-state index in [1.165, 1.54) is 31.2 Å². The first-order valence-electron chi connectivity index (χ1n) is 8.40. The molecular weight excluding hydrogens is 434 g/mol. The second-order valence-electron chi connectivity index (χ2n) is 6.18. The highest BCUT2D eigenvalue weighted by Gasteiger charge is 2.37. The SMILES string of the molecule is CC(=O)Nc1ccc(NC(=O)COC(=O)c2cc(C(F)(F)F)cc(C(F)(F)F)c2)cc1. The van der Waals surface area contributed by atoms with E-state index >= 15 is 0 Å². The molecule has 0 aromatic heterocycles. The van der Waals surface area contributed by atoms with Crippen LogP contribution in [0.25, 0.3) is 0 Å². The molecule has 0 atom stereocenters. The molecule has 0 aliphatic carbocycles. The van der Waals surface area contributed by atoms with Crippen molar-refractivity contribution >= 4 is 29.2 Å². The van der Waals surface area contributed by atoms with Crippen molar-refractivity contribution in [3.63, 3.8) is 0 Å². The highest BCUT2D eigenvalue weighted by molar-refractivity contribution is 5.96. The number of hydrogen-bond acceptors (Lipinski definition) is 4. The monoisotopic (exact) mass is 448 g/mol. The molecule has 2 aromatic rings. The highest BCUT2D eigenvalue weighted by Crippen LogP contribution is 2.36. The fourth-order valence-electron chi connectivity index (χ4n) is 2.32. The summed E-state index contributed by atoms with van der Waals surface area (Å²) in [4.78, 5) is 34.7. The van der Waals surface area contributed by atoms with Crippen LogP contribution in [0, 0.1) is 0 Å². The smallest absolute Gasteiger partial charge is 0.416 e. The summed E-state index contributed by atoms with van der Waals surface area (Å²) in [6.07, 6.45) is -10.3. The maximum Gasteiger partial charge on any atom is 0.416 e. The molecule has 2 N–H and O–H groups in total. The Morgan fingerprint density at radius 2 is 1.26 bits per heavy atom. The molecule has 0 aliphatic heterocycles. The zero-order valence-corrected chi connectivity index (χ0v) is 15.6. The first kappa shape index (κ1) is 23.7. The number of nitrogens with one attached hydrogen (secondary N) is 2. The van der Waals surface area contributed by atoms with Crippen molar-refractivity contribution in [2.45, 2.75) is 19.3 Å². The first-order chi connectivity index (χ1) is 14.3. The fourth-order valence-corrected chi connectivity index (χ4v) is 2.32. The average Bonchev–Trinajstić information content (AvgIpc) is 2.65. The van der Waals surface area contributed by atoms with E-state index in [1.807, 2.05) is 0 Å². The Morgan fingerprint density at radius 3 is 1.68 bits per heavy atom. The van der Waals surface area contributed by atoms with Crippen LogP contribution < -0.4 is 10.6 Å². The number of carbonyl (C=O) groups excluding carboxylic acids is 3. The zero-order chi connectivity index (χ0) is 23.4. The Balaban J connectivity index is 2.06. The van der Waals surface area contributed by atoms with Gasteiger partial charge in [0.25, 0.3) is 5.91 Å². The minimum atomic E-state index is -5.13. The number of hydrogen-bond donors (Lipinski definition) is 2. The lowest BCUT2D eigenvalue weighted by Crippen LogP contribution is -2.21. The van der Waals surface area contributed by atoms with Gasteiger partial charge >= 0.3 is 18.3 Å².